The highest BCUT2D eigenvalue weighted by molar-refractivity contribution is 8.76. The third-order valence-electron chi connectivity index (χ3n) is 2.71. The first-order valence-corrected chi connectivity index (χ1v) is 8.45. The topological polar surface area (TPSA) is 93.3 Å². The van der Waals surface area contributed by atoms with Crippen LogP contribution in [-0.2, 0) is 11.2 Å². The van der Waals surface area contributed by atoms with Crippen LogP contribution in [0.5, 0.6) is 0 Å². The molecular weight excluding hydrogens is 324 g/mol. The Kier molecular flexibility index (Phi) is 5.79. The van der Waals surface area contributed by atoms with Gasteiger partial charge in [0.1, 0.15) is 11.2 Å². The first kappa shape index (κ1) is 16.3. The van der Waals surface area contributed by atoms with Crippen LogP contribution in [0.25, 0.3) is 0 Å². The summed E-state index contributed by atoms with van der Waals surface area (Å²) in [6.07, 6.45) is 1.86. The van der Waals surface area contributed by atoms with Gasteiger partial charge in [-0.15, -0.1) is 0 Å². The molecule has 0 spiro atoms. The first-order chi connectivity index (χ1) is 10.5. The second kappa shape index (κ2) is 7.81. The number of hydrogen-bond donors (Lipinski definition) is 1. The number of aromatic nitrogens is 1. The van der Waals surface area contributed by atoms with Crippen LogP contribution in [0, 0.1) is 10.1 Å². The van der Waals surface area contributed by atoms with E-state index in [1.807, 2.05) is 24.3 Å². The number of hydrogen-bond acceptors (Lipinski definition) is 6. The molecule has 0 radical (unpaired) electrons. The van der Waals surface area contributed by atoms with Crippen molar-refractivity contribution in [2.45, 2.75) is 22.8 Å². The van der Waals surface area contributed by atoms with Crippen LogP contribution in [0.1, 0.15) is 12.0 Å². The SMILES string of the molecule is O=C(O)CCc1ccc(SSc2ccc([N+](=O)[O-])cn2)cc1. The third kappa shape index (κ3) is 5.05. The van der Waals surface area contributed by atoms with E-state index >= 15 is 0 Å². The number of aliphatic carboxylic acids is 1. The summed E-state index contributed by atoms with van der Waals surface area (Å²) in [4.78, 5) is 25.6. The van der Waals surface area contributed by atoms with Gasteiger partial charge in [0.05, 0.1) is 4.92 Å². The average Bonchev–Trinajstić information content (AvgIpc) is 2.52. The van der Waals surface area contributed by atoms with Crippen molar-refractivity contribution in [2.24, 2.45) is 0 Å². The van der Waals surface area contributed by atoms with E-state index in [4.69, 9.17) is 5.11 Å². The Morgan fingerprint density at radius 2 is 1.91 bits per heavy atom. The van der Waals surface area contributed by atoms with Crippen molar-refractivity contribution >= 4 is 33.2 Å². The van der Waals surface area contributed by atoms with Gasteiger partial charge in [-0.05, 0) is 41.0 Å². The van der Waals surface area contributed by atoms with Crippen molar-refractivity contribution < 1.29 is 14.8 Å². The molecule has 0 unspecified atom stereocenters. The average molecular weight is 336 g/mol. The molecule has 0 aliphatic carbocycles. The van der Waals surface area contributed by atoms with Crippen molar-refractivity contribution in [3.05, 3.63) is 58.3 Å². The standard InChI is InChI=1S/C14H12N2O4S2/c17-14(18)8-3-10-1-5-12(6-2-10)21-22-13-7-4-11(9-15-13)16(19)20/h1-2,4-7,9H,3,8H2,(H,17,18). The molecule has 0 fully saturated rings. The maximum absolute atomic E-state index is 10.5. The minimum Gasteiger partial charge on any atom is -0.481 e. The lowest BCUT2D eigenvalue weighted by atomic mass is 10.1. The van der Waals surface area contributed by atoms with Crippen LogP contribution in [-0.4, -0.2) is 21.0 Å². The van der Waals surface area contributed by atoms with Gasteiger partial charge in [-0.1, -0.05) is 22.9 Å². The molecule has 1 aromatic carbocycles. The number of carboxylic acids is 1. The van der Waals surface area contributed by atoms with Crippen molar-refractivity contribution in [3.8, 4) is 0 Å². The van der Waals surface area contributed by atoms with Crippen molar-refractivity contribution in [1.29, 1.82) is 0 Å². The minimum atomic E-state index is -0.807. The van der Waals surface area contributed by atoms with Crippen LogP contribution < -0.4 is 0 Å². The summed E-state index contributed by atoms with van der Waals surface area (Å²) in [5.41, 5.74) is 0.947. The van der Waals surface area contributed by atoms with Crippen molar-refractivity contribution in [1.82, 2.24) is 4.98 Å². The predicted molar refractivity (Wildman–Crippen MR) is 85.0 cm³/mol. The summed E-state index contributed by atoms with van der Waals surface area (Å²) in [5, 5.41) is 19.9. The van der Waals surface area contributed by atoms with Gasteiger partial charge in [0.25, 0.3) is 5.69 Å². The molecular formula is C14H12N2O4S2. The van der Waals surface area contributed by atoms with E-state index in [1.54, 1.807) is 6.07 Å². The number of rotatable bonds is 7. The van der Waals surface area contributed by atoms with Crippen LogP contribution in [0.2, 0.25) is 0 Å². The van der Waals surface area contributed by atoms with Gasteiger partial charge in [-0.2, -0.15) is 0 Å². The van der Waals surface area contributed by atoms with E-state index in [0.29, 0.717) is 11.4 Å². The number of aryl methyl sites for hydroxylation is 1. The summed E-state index contributed by atoms with van der Waals surface area (Å²) < 4.78 is 0. The molecule has 1 N–H and O–H groups in total. The lowest BCUT2D eigenvalue weighted by molar-refractivity contribution is -0.385. The van der Waals surface area contributed by atoms with Crippen LogP contribution >= 0.6 is 21.6 Å². The van der Waals surface area contributed by atoms with Gasteiger partial charge in [0, 0.05) is 17.4 Å². The van der Waals surface area contributed by atoms with E-state index in [2.05, 4.69) is 4.98 Å². The summed E-state index contributed by atoms with van der Waals surface area (Å²) in [6.45, 7) is 0. The largest absolute Gasteiger partial charge is 0.481 e. The molecule has 0 saturated heterocycles. The molecule has 1 heterocycles. The Labute approximate surface area is 134 Å². The van der Waals surface area contributed by atoms with Gasteiger partial charge >= 0.3 is 5.97 Å². The highest BCUT2D eigenvalue weighted by atomic mass is 33.1. The second-order valence-electron chi connectivity index (χ2n) is 4.32. The lowest BCUT2D eigenvalue weighted by Crippen LogP contribution is -1.96. The Bertz CT molecular complexity index is 660. The zero-order chi connectivity index (χ0) is 15.9. The number of carboxylic acid groups (broad SMARTS) is 1. The number of nitro groups is 1. The molecule has 2 rings (SSSR count). The zero-order valence-electron chi connectivity index (χ0n) is 11.3. The summed E-state index contributed by atoms with van der Waals surface area (Å²) in [6, 6.07) is 10.7. The van der Waals surface area contributed by atoms with E-state index in [1.165, 1.54) is 33.9 Å². The predicted octanol–water partition coefficient (Wildman–Crippen LogP) is 3.81. The molecule has 0 saturated carbocycles. The van der Waals surface area contributed by atoms with Gasteiger partial charge in [-0.25, -0.2) is 4.98 Å². The van der Waals surface area contributed by atoms with E-state index in [-0.39, 0.29) is 12.1 Å². The maximum Gasteiger partial charge on any atom is 0.303 e. The van der Waals surface area contributed by atoms with Crippen molar-refractivity contribution in [3.63, 3.8) is 0 Å². The van der Waals surface area contributed by atoms with Gasteiger partial charge < -0.3 is 5.11 Å². The molecule has 0 bridgehead atoms. The number of carbonyl (C=O) groups is 1. The highest BCUT2D eigenvalue weighted by Gasteiger charge is 2.06. The Morgan fingerprint density at radius 1 is 1.18 bits per heavy atom. The van der Waals surface area contributed by atoms with Crippen LogP contribution in [0.4, 0.5) is 5.69 Å². The molecule has 114 valence electrons. The highest BCUT2D eigenvalue weighted by Crippen LogP contribution is 2.36. The molecule has 22 heavy (non-hydrogen) atoms. The van der Waals surface area contributed by atoms with E-state index in [9.17, 15) is 14.9 Å². The second-order valence-corrected chi connectivity index (χ2v) is 6.54. The monoisotopic (exact) mass is 336 g/mol. The van der Waals surface area contributed by atoms with Gasteiger partial charge in [0.15, 0.2) is 0 Å². The summed E-state index contributed by atoms with van der Waals surface area (Å²) in [7, 11) is 2.90. The third-order valence-corrected chi connectivity index (χ3v) is 5.01. The molecule has 0 aliphatic heterocycles. The normalized spacial score (nSPS) is 10.4. The fraction of sp³-hybridized carbons (Fsp3) is 0.143. The smallest absolute Gasteiger partial charge is 0.303 e. The molecule has 8 heteroatoms. The Morgan fingerprint density at radius 3 is 2.45 bits per heavy atom. The maximum atomic E-state index is 10.5. The quantitative estimate of drug-likeness (QED) is 0.467. The van der Waals surface area contributed by atoms with E-state index in [0.717, 1.165) is 10.5 Å². The number of benzene rings is 1. The molecule has 0 atom stereocenters. The minimum absolute atomic E-state index is 0.0304. The number of pyridine rings is 1. The van der Waals surface area contributed by atoms with Gasteiger partial charge in [0.2, 0.25) is 0 Å². The molecule has 2 aromatic rings. The van der Waals surface area contributed by atoms with Crippen LogP contribution in [0.3, 0.4) is 0 Å². The summed E-state index contributed by atoms with van der Waals surface area (Å²) >= 11 is 0. The number of nitrogens with zero attached hydrogens (tertiary/aromatic N) is 2. The van der Waals surface area contributed by atoms with Crippen LogP contribution in [0.15, 0.2) is 52.5 Å². The molecule has 0 amide bonds. The van der Waals surface area contributed by atoms with E-state index < -0.39 is 10.9 Å². The zero-order valence-corrected chi connectivity index (χ0v) is 13.0. The molecule has 6 nitrogen and oxygen atoms in total. The summed E-state index contributed by atoms with van der Waals surface area (Å²) in [5.74, 6) is -0.807. The Balaban J connectivity index is 1.88. The first-order valence-electron chi connectivity index (χ1n) is 6.30. The fourth-order valence-corrected chi connectivity index (χ4v) is 3.41. The van der Waals surface area contributed by atoms with Crippen molar-refractivity contribution in [2.75, 3.05) is 0 Å². The lowest BCUT2D eigenvalue weighted by Gasteiger charge is -2.02. The van der Waals surface area contributed by atoms with Gasteiger partial charge in [-0.3, -0.25) is 14.9 Å². The Hall–Kier alpha value is -2.06. The fourth-order valence-electron chi connectivity index (χ4n) is 1.58. The molecule has 1 aromatic heterocycles. The molecule has 0 aliphatic rings.